The predicted molar refractivity (Wildman–Crippen MR) is 161 cm³/mol. The highest BCUT2D eigenvalue weighted by Crippen LogP contribution is 2.43. The Balaban J connectivity index is 1.53. The molecule has 4 unspecified atom stereocenters. The van der Waals surface area contributed by atoms with Crippen molar-refractivity contribution in [1.29, 1.82) is 0 Å². The maximum atomic E-state index is 14.2. The number of sulfonamides is 1. The van der Waals surface area contributed by atoms with Crippen molar-refractivity contribution < 1.29 is 22.7 Å². The van der Waals surface area contributed by atoms with Gasteiger partial charge in [-0.1, -0.05) is 51.1 Å². The molecule has 4 atom stereocenters. The third kappa shape index (κ3) is 5.89. The van der Waals surface area contributed by atoms with Crippen LogP contribution in [0.5, 0.6) is 0 Å². The third-order valence-electron chi connectivity index (χ3n) is 8.03. The normalized spacial score (nSPS) is 22.3. The van der Waals surface area contributed by atoms with Gasteiger partial charge in [-0.15, -0.1) is 0 Å². The molecular weight excluding hydrogens is 554 g/mol. The van der Waals surface area contributed by atoms with E-state index in [1.54, 1.807) is 25.7 Å². The molecule has 0 bridgehead atoms. The number of carbonyl (C=O) groups excluding carboxylic acids is 2. The Kier molecular flexibility index (Phi) is 7.64. The highest BCUT2D eigenvalue weighted by Gasteiger charge is 2.55. The summed E-state index contributed by atoms with van der Waals surface area (Å²) < 4.78 is 34.8. The van der Waals surface area contributed by atoms with Crippen LogP contribution in [0.4, 0.5) is 4.79 Å². The lowest BCUT2D eigenvalue weighted by atomic mass is 9.85. The number of imidazole rings is 1. The standard InChI is InChI=1S/C31H41N5O5S/c1-30(2,3)26(33-29(38)41-31(4,5)6)28(37)35-17-15-24-25(35)22(18-36(24)42(7,39)40)23-19-34-16-11-14-21(27(34)32-23)20-12-9-8-10-13-20/h8-14,16,19,22,24-26H,15,17-18H2,1-7H3,(H,33,38). The van der Waals surface area contributed by atoms with E-state index < -0.39 is 39.2 Å². The number of nitrogens with one attached hydrogen (secondary N) is 1. The van der Waals surface area contributed by atoms with Crippen LogP contribution >= 0.6 is 0 Å². The van der Waals surface area contributed by atoms with Crippen LogP contribution in [0.2, 0.25) is 0 Å². The summed E-state index contributed by atoms with van der Waals surface area (Å²) in [5.41, 5.74) is 2.15. The molecule has 2 saturated heterocycles. The van der Waals surface area contributed by atoms with Crippen LogP contribution in [0.25, 0.3) is 16.8 Å². The monoisotopic (exact) mass is 595 g/mol. The third-order valence-corrected chi connectivity index (χ3v) is 9.30. The number of carbonyl (C=O) groups is 2. The molecule has 2 amide bonds. The quantitative estimate of drug-likeness (QED) is 0.472. The van der Waals surface area contributed by atoms with Gasteiger partial charge in [0.05, 0.1) is 18.0 Å². The molecule has 5 rings (SSSR count). The molecule has 42 heavy (non-hydrogen) atoms. The summed E-state index contributed by atoms with van der Waals surface area (Å²) >= 11 is 0. The number of hydrogen-bond acceptors (Lipinski definition) is 6. The summed E-state index contributed by atoms with van der Waals surface area (Å²) in [6.45, 7) is 11.6. The van der Waals surface area contributed by atoms with Gasteiger partial charge in [0.15, 0.2) is 0 Å². The minimum absolute atomic E-state index is 0.224. The van der Waals surface area contributed by atoms with Gasteiger partial charge in [0, 0.05) is 43.0 Å². The van der Waals surface area contributed by atoms with Crippen LogP contribution in [0.1, 0.15) is 59.6 Å². The fourth-order valence-electron chi connectivity index (χ4n) is 6.24. The van der Waals surface area contributed by atoms with Gasteiger partial charge < -0.3 is 19.4 Å². The van der Waals surface area contributed by atoms with Crippen LogP contribution in [0.3, 0.4) is 0 Å². The lowest BCUT2D eigenvalue weighted by molar-refractivity contribution is -0.137. The van der Waals surface area contributed by atoms with E-state index in [0.29, 0.717) is 13.0 Å². The minimum Gasteiger partial charge on any atom is -0.444 e. The number of pyridine rings is 1. The van der Waals surface area contributed by atoms with E-state index in [-0.39, 0.29) is 24.4 Å². The number of nitrogens with zero attached hydrogens (tertiary/aromatic N) is 4. The summed E-state index contributed by atoms with van der Waals surface area (Å²) in [5, 5.41) is 2.81. The molecule has 1 N–H and O–H groups in total. The molecule has 2 aromatic heterocycles. The SMILES string of the molecule is CC(C)(C)OC(=O)NC(C(=O)N1CCC2C1C(c1cn3cccc(-c4ccccc4)c3n1)CN2S(C)(=O)=O)C(C)(C)C. The number of alkyl carbamates (subject to hydrolysis) is 1. The smallest absolute Gasteiger partial charge is 0.408 e. The number of ether oxygens (including phenoxy) is 1. The molecule has 0 spiro atoms. The summed E-state index contributed by atoms with van der Waals surface area (Å²) in [5.74, 6) is -0.600. The summed E-state index contributed by atoms with van der Waals surface area (Å²) in [7, 11) is -3.54. The largest absolute Gasteiger partial charge is 0.444 e. The fourth-order valence-corrected chi connectivity index (χ4v) is 7.39. The molecule has 2 aliphatic heterocycles. The van der Waals surface area contributed by atoms with Gasteiger partial charge in [0.1, 0.15) is 17.3 Å². The second-order valence-electron chi connectivity index (χ2n) is 13.4. The Morgan fingerprint density at radius 1 is 1.05 bits per heavy atom. The van der Waals surface area contributed by atoms with E-state index >= 15 is 0 Å². The molecule has 3 aromatic rings. The molecule has 2 aliphatic rings. The lowest BCUT2D eigenvalue weighted by Crippen LogP contribution is -2.57. The van der Waals surface area contributed by atoms with E-state index in [4.69, 9.17) is 9.72 Å². The fraction of sp³-hybridized carbons (Fsp3) is 0.516. The van der Waals surface area contributed by atoms with Gasteiger partial charge in [0.2, 0.25) is 15.9 Å². The maximum absolute atomic E-state index is 14.2. The van der Waals surface area contributed by atoms with Crippen molar-refractivity contribution in [3.63, 3.8) is 0 Å². The van der Waals surface area contributed by atoms with Crippen LogP contribution < -0.4 is 5.32 Å². The highest BCUT2D eigenvalue weighted by molar-refractivity contribution is 7.88. The van der Waals surface area contributed by atoms with Crippen LogP contribution in [0, 0.1) is 5.41 Å². The van der Waals surface area contributed by atoms with Crippen molar-refractivity contribution in [2.24, 2.45) is 5.41 Å². The zero-order valence-electron chi connectivity index (χ0n) is 25.4. The van der Waals surface area contributed by atoms with Gasteiger partial charge >= 0.3 is 6.09 Å². The van der Waals surface area contributed by atoms with Gasteiger partial charge in [-0.2, -0.15) is 4.31 Å². The number of benzene rings is 1. The highest BCUT2D eigenvalue weighted by atomic mass is 32.2. The van der Waals surface area contributed by atoms with Gasteiger partial charge in [-0.3, -0.25) is 4.79 Å². The molecule has 1 aromatic carbocycles. The Hall–Kier alpha value is -3.44. The maximum Gasteiger partial charge on any atom is 0.408 e. The molecule has 226 valence electrons. The molecule has 11 heteroatoms. The van der Waals surface area contributed by atoms with Crippen LogP contribution in [-0.2, 0) is 19.6 Å². The second kappa shape index (κ2) is 10.7. The van der Waals surface area contributed by atoms with E-state index in [1.165, 1.54) is 10.6 Å². The van der Waals surface area contributed by atoms with Gasteiger partial charge in [-0.25, -0.2) is 18.2 Å². The Bertz CT molecular complexity index is 1590. The lowest BCUT2D eigenvalue weighted by Gasteiger charge is -2.37. The van der Waals surface area contributed by atoms with E-state index in [2.05, 4.69) is 5.32 Å². The van der Waals surface area contributed by atoms with E-state index in [1.807, 2.05) is 80.0 Å². The average Bonchev–Trinajstić information content (AvgIpc) is 3.59. The first-order valence-corrected chi connectivity index (χ1v) is 16.2. The van der Waals surface area contributed by atoms with Gasteiger partial charge in [0.25, 0.3) is 0 Å². The Morgan fingerprint density at radius 3 is 2.36 bits per heavy atom. The number of amides is 2. The zero-order chi connectivity index (χ0) is 30.6. The number of likely N-dealkylation sites (tertiary alicyclic amines) is 1. The average molecular weight is 596 g/mol. The van der Waals surface area contributed by atoms with Crippen molar-refractivity contribution in [1.82, 2.24) is 23.9 Å². The number of fused-ring (bicyclic) bond motifs is 2. The van der Waals surface area contributed by atoms with Crippen molar-refractivity contribution in [3.05, 3.63) is 60.6 Å². The van der Waals surface area contributed by atoms with Crippen molar-refractivity contribution in [2.75, 3.05) is 19.3 Å². The van der Waals surface area contributed by atoms with Crippen molar-refractivity contribution >= 4 is 27.7 Å². The molecule has 0 radical (unpaired) electrons. The molecule has 2 fully saturated rings. The summed E-state index contributed by atoms with van der Waals surface area (Å²) in [4.78, 5) is 33.8. The van der Waals surface area contributed by atoms with Crippen LogP contribution in [0.15, 0.2) is 54.9 Å². The first-order chi connectivity index (χ1) is 19.5. The van der Waals surface area contributed by atoms with Crippen molar-refractivity contribution in [2.45, 2.75) is 77.6 Å². The molecule has 0 saturated carbocycles. The minimum atomic E-state index is -3.54. The predicted octanol–water partition coefficient (Wildman–Crippen LogP) is 4.27. The topological polar surface area (TPSA) is 113 Å². The number of aromatic nitrogens is 2. The first kappa shape index (κ1) is 30.0. The summed E-state index contributed by atoms with van der Waals surface area (Å²) in [6.07, 6.45) is 4.93. The first-order valence-electron chi connectivity index (χ1n) is 14.3. The number of hydrogen-bond donors (Lipinski definition) is 1. The van der Waals surface area contributed by atoms with Gasteiger partial charge in [-0.05, 0) is 50.3 Å². The molecule has 10 nitrogen and oxygen atoms in total. The van der Waals surface area contributed by atoms with E-state index in [9.17, 15) is 18.0 Å². The molecule has 0 aliphatic carbocycles. The number of rotatable bonds is 5. The molecule has 4 heterocycles. The zero-order valence-corrected chi connectivity index (χ0v) is 26.2. The molecular formula is C31H41N5O5S. The van der Waals surface area contributed by atoms with Crippen LogP contribution in [-0.4, -0.2) is 82.1 Å². The van der Waals surface area contributed by atoms with E-state index in [0.717, 1.165) is 22.5 Å². The van der Waals surface area contributed by atoms with Crippen molar-refractivity contribution in [3.8, 4) is 11.1 Å². The summed E-state index contributed by atoms with van der Waals surface area (Å²) in [6, 6.07) is 12.3. The second-order valence-corrected chi connectivity index (χ2v) is 15.4. The Morgan fingerprint density at radius 2 is 1.74 bits per heavy atom. The Labute approximate surface area is 248 Å².